The van der Waals surface area contributed by atoms with Crippen molar-refractivity contribution in [2.75, 3.05) is 0 Å². The number of primary amides is 1. The number of fused-ring (bicyclic) bond motifs is 1. The third-order valence-electron chi connectivity index (χ3n) is 5.39. The summed E-state index contributed by atoms with van der Waals surface area (Å²) in [7, 11) is 0. The van der Waals surface area contributed by atoms with E-state index in [4.69, 9.17) is 5.73 Å². The van der Waals surface area contributed by atoms with Crippen molar-refractivity contribution in [1.29, 1.82) is 0 Å². The van der Waals surface area contributed by atoms with Crippen LogP contribution in [0.5, 0.6) is 0 Å². The van der Waals surface area contributed by atoms with Crippen molar-refractivity contribution >= 4 is 18.3 Å². The summed E-state index contributed by atoms with van der Waals surface area (Å²) in [5.74, 6) is -0.389. The van der Waals surface area contributed by atoms with Crippen LogP contribution in [0.15, 0.2) is 66.7 Å². The molecule has 1 amide bonds. The fraction of sp³-hybridized carbons (Fsp3) is 0.208. The summed E-state index contributed by atoms with van der Waals surface area (Å²) in [6.07, 6.45) is 2.20. The van der Waals surface area contributed by atoms with E-state index in [0.717, 1.165) is 36.1 Å². The maximum Gasteiger partial charge on any atom is 0.248 e. The van der Waals surface area contributed by atoms with Crippen molar-refractivity contribution in [2.45, 2.75) is 32.4 Å². The highest BCUT2D eigenvalue weighted by molar-refractivity contribution is 5.93. The van der Waals surface area contributed by atoms with Gasteiger partial charge in [-0.1, -0.05) is 48.5 Å². The smallest absolute Gasteiger partial charge is 0.248 e. The van der Waals surface area contributed by atoms with Gasteiger partial charge in [0.2, 0.25) is 5.91 Å². The first-order valence-electron chi connectivity index (χ1n) is 9.40. The van der Waals surface area contributed by atoms with Crippen LogP contribution in [0.4, 0.5) is 0 Å². The highest BCUT2D eigenvalue weighted by Crippen LogP contribution is 2.26. The maximum atomic E-state index is 11.4. The number of nitrogens with one attached hydrogen (secondary N) is 1. The fourth-order valence-corrected chi connectivity index (χ4v) is 3.96. The van der Waals surface area contributed by atoms with Gasteiger partial charge in [-0.3, -0.25) is 4.79 Å². The maximum absolute atomic E-state index is 11.4. The summed E-state index contributed by atoms with van der Waals surface area (Å²) in [5.41, 5.74) is 13.5. The van der Waals surface area contributed by atoms with Crippen molar-refractivity contribution in [3.05, 3.63) is 94.5 Å². The Bertz CT molecular complexity index is 974. The number of halogens is 1. The van der Waals surface area contributed by atoms with Crippen molar-refractivity contribution in [3.63, 3.8) is 0 Å². The largest absolute Gasteiger partial charge is 0.366 e. The zero-order valence-corrected chi connectivity index (χ0v) is 16.8. The molecule has 1 aliphatic rings. The number of benzene rings is 3. The Morgan fingerprint density at radius 3 is 2.36 bits per heavy atom. The van der Waals surface area contributed by atoms with Crippen LogP contribution < -0.4 is 11.1 Å². The van der Waals surface area contributed by atoms with E-state index < -0.39 is 0 Å². The number of rotatable bonds is 5. The van der Waals surface area contributed by atoms with E-state index in [9.17, 15) is 4.79 Å². The number of nitrogens with two attached hydrogens (primary N) is 1. The number of hydrogen-bond acceptors (Lipinski definition) is 2. The molecule has 3 aromatic carbocycles. The lowest BCUT2D eigenvalue weighted by atomic mass is 9.97. The molecule has 0 heterocycles. The summed E-state index contributed by atoms with van der Waals surface area (Å²) in [6, 6.07) is 23.4. The Labute approximate surface area is 172 Å². The lowest BCUT2D eigenvalue weighted by molar-refractivity contribution is 0.1000. The van der Waals surface area contributed by atoms with Crippen LogP contribution in [0, 0.1) is 6.92 Å². The molecule has 144 valence electrons. The first-order chi connectivity index (χ1) is 13.1. The Hall–Kier alpha value is -2.62. The van der Waals surface area contributed by atoms with Gasteiger partial charge in [-0.05, 0) is 71.3 Å². The second-order valence-electron chi connectivity index (χ2n) is 7.35. The van der Waals surface area contributed by atoms with Gasteiger partial charge in [-0.25, -0.2) is 0 Å². The molecule has 4 heteroatoms. The molecule has 0 spiro atoms. The molecule has 3 nitrogen and oxygen atoms in total. The Balaban J connectivity index is 0.00000225. The van der Waals surface area contributed by atoms with Gasteiger partial charge in [0.25, 0.3) is 0 Å². The molecule has 3 aromatic rings. The molecular formula is C24H25ClN2O. The first kappa shape index (κ1) is 20.1. The quantitative estimate of drug-likeness (QED) is 0.674. The van der Waals surface area contributed by atoms with Gasteiger partial charge >= 0.3 is 0 Å². The normalized spacial score (nSPS) is 13.0. The molecule has 28 heavy (non-hydrogen) atoms. The Kier molecular flexibility index (Phi) is 6.18. The number of aryl methyl sites for hydroxylation is 1. The van der Waals surface area contributed by atoms with Crippen molar-refractivity contribution in [2.24, 2.45) is 5.73 Å². The summed E-state index contributed by atoms with van der Waals surface area (Å²) in [4.78, 5) is 11.4. The molecule has 0 radical (unpaired) electrons. The molecule has 0 unspecified atom stereocenters. The molecule has 4 rings (SSSR count). The zero-order valence-electron chi connectivity index (χ0n) is 15.9. The summed E-state index contributed by atoms with van der Waals surface area (Å²) in [6.45, 7) is 2.87. The Morgan fingerprint density at radius 2 is 1.71 bits per heavy atom. The van der Waals surface area contributed by atoms with E-state index >= 15 is 0 Å². The van der Waals surface area contributed by atoms with E-state index in [1.54, 1.807) is 6.07 Å². The Morgan fingerprint density at radius 1 is 1.00 bits per heavy atom. The van der Waals surface area contributed by atoms with Gasteiger partial charge in [0.15, 0.2) is 0 Å². The number of amides is 1. The summed E-state index contributed by atoms with van der Waals surface area (Å²) in [5, 5.41) is 3.70. The molecule has 0 saturated carbocycles. The predicted molar refractivity (Wildman–Crippen MR) is 117 cm³/mol. The average Bonchev–Trinajstić information content (AvgIpc) is 3.09. The zero-order chi connectivity index (χ0) is 18.8. The van der Waals surface area contributed by atoms with Crippen LogP contribution in [0.2, 0.25) is 0 Å². The van der Waals surface area contributed by atoms with E-state index in [1.807, 2.05) is 19.1 Å². The van der Waals surface area contributed by atoms with Gasteiger partial charge in [0.05, 0.1) is 0 Å². The third-order valence-corrected chi connectivity index (χ3v) is 5.39. The highest BCUT2D eigenvalue weighted by Gasteiger charge is 2.20. The monoisotopic (exact) mass is 392 g/mol. The van der Waals surface area contributed by atoms with Crippen LogP contribution in [0.25, 0.3) is 11.1 Å². The van der Waals surface area contributed by atoms with Gasteiger partial charge in [-0.2, -0.15) is 0 Å². The van der Waals surface area contributed by atoms with Gasteiger partial charge in [0, 0.05) is 18.2 Å². The lowest BCUT2D eigenvalue weighted by Crippen LogP contribution is -2.28. The lowest BCUT2D eigenvalue weighted by Gasteiger charge is -2.13. The van der Waals surface area contributed by atoms with Crippen LogP contribution >= 0.6 is 12.4 Å². The minimum atomic E-state index is -0.389. The summed E-state index contributed by atoms with van der Waals surface area (Å²) < 4.78 is 0. The number of hydrogen-bond donors (Lipinski definition) is 2. The van der Waals surface area contributed by atoms with Crippen LogP contribution in [-0.2, 0) is 19.4 Å². The van der Waals surface area contributed by atoms with Crippen molar-refractivity contribution in [1.82, 2.24) is 5.32 Å². The van der Waals surface area contributed by atoms with Crippen molar-refractivity contribution < 1.29 is 4.79 Å². The molecule has 0 aliphatic heterocycles. The molecule has 0 bridgehead atoms. The van der Waals surface area contributed by atoms with Crippen LogP contribution in [0.3, 0.4) is 0 Å². The van der Waals surface area contributed by atoms with E-state index in [2.05, 4.69) is 53.8 Å². The molecule has 0 aromatic heterocycles. The predicted octanol–water partition coefficient (Wildman–Crippen LogP) is 4.44. The topological polar surface area (TPSA) is 55.1 Å². The van der Waals surface area contributed by atoms with E-state index in [0.29, 0.717) is 11.6 Å². The minimum absolute atomic E-state index is 0. The van der Waals surface area contributed by atoms with Crippen LogP contribution in [0.1, 0.15) is 32.6 Å². The van der Waals surface area contributed by atoms with Gasteiger partial charge < -0.3 is 11.1 Å². The molecule has 0 saturated heterocycles. The average molecular weight is 393 g/mol. The van der Waals surface area contributed by atoms with Crippen molar-refractivity contribution in [3.8, 4) is 11.1 Å². The molecule has 1 aliphatic carbocycles. The van der Waals surface area contributed by atoms with Gasteiger partial charge in [0.1, 0.15) is 0 Å². The summed E-state index contributed by atoms with van der Waals surface area (Å²) >= 11 is 0. The van der Waals surface area contributed by atoms with Gasteiger partial charge in [-0.15, -0.1) is 12.4 Å². The van der Waals surface area contributed by atoms with E-state index in [-0.39, 0.29) is 18.3 Å². The molecule has 0 fully saturated rings. The second-order valence-corrected chi connectivity index (χ2v) is 7.35. The third kappa shape index (κ3) is 4.27. The SMILES string of the molecule is Cc1cc(C(N)=O)ccc1-c1cccc(CNC2Cc3ccccc3C2)c1.Cl. The molecule has 0 atom stereocenters. The van der Waals surface area contributed by atoms with E-state index in [1.165, 1.54) is 16.7 Å². The van der Waals surface area contributed by atoms with Crippen LogP contribution in [-0.4, -0.2) is 11.9 Å². The second kappa shape index (κ2) is 8.59. The molecule has 3 N–H and O–H groups in total. The molecular weight excluding hydrogens is 368 g/mol. The number of carbonyl (C=O) groups excluding carboxylic acids is 1. The minimum Gasteiger partial charge on any atom is -0.366 e. The number of carbonyl (C=O) groups is 1. The fourth-order valence-electron chi connectivity index (χ4n) is 3.96. The highest BCUT2D eigenvalue weighted by atomic mass is 35.5. The first-order valence-corrected chi connectivity index (χ1v) is 9.40. The standard InChI is InChI=1S/C24H24N2O.ClH/c1-16-11-21(24(25)27)9-10-23(16)20-8-4-5-17(12-20)15-26-22-13-18-6-2-3-7-19(18)14-22;/h2-12,22,26H,13-15H2,1H3,(H2,25,27);1H.